The highest BCUT2D eigenvalue weighted by Gasteiger charge is 2.28. The highest BCUT2D eigenvalue weighted by Crippen LogP contribution is 2.40. The summed E-state index contributed by atoms with van der Waals surface area (Å²) in [5, 5.41) is 46.1. The Morgan fingerprint density at radius 3 is 1.40 bits per heavy atom. The molecule has 0 spiro atoms. The quantitative estimate of drug-likeness (QED) is 0.0892. The number of nitriles is 2. The number of nitrogens with one attached hydrogen (secondary N) is 4. The molecule has 0 bridgehead atoms. The second kappa shape index (κ2) is 16.6. The number of H-pyrrole nitrogens is 2. The van der Waals surface area contributed by atoms with Crippen molar-refractivity contribution in [2.45, 2.75) is 76.1 Å². The van der Waals surface area contributed by atoms with Gasteiger partial charge in [0.2, 0.25) is 11.8 Å². The molecule has 0 aliphatic heterocycles. The maximum Gasteiger partial charge on any atom is 0.263 e. The summed E-state index contributed by atoms with van der Waals surface area (Å²) in [7, 11) is 0. The van der Waals surface area contributed by atoms with E-state index in [1.807, 2.05) is 24.3 Å². The molecule has 14 nitrogen and oxygen atoms in total. The number of nitrogens with zero attached hydrogens (tertiary/aromatic N) is 8. The number of aromatic amines is 2. The van der Waals surface area contributed by atoms with Crippen molar-refractivity contribution in [2.75, 3.05) is 10.6 Å². The molecule has 2 aromatic carbocycles. The number of aromatic nitrogens is 8. The predicted molar refractivity (Wildman–Crippen MR) is 202 cm³/mol. The number of carbonyl (C=O) groups excluding carboxylic acids is 2. The van der Waals surface area contributed by atoms with E-state index in [1.165, 1.54) is 46.0 Å². The molecule has 18 heteroatoms. The zero-order chi connectivity index (χ0) is 41.1. The Morgan fingerprint density at radius 1 is 0.655 bits per heavy atom. The van der Waals surface area contributed by atoms with Crippen molar-refractivity contribution in [3.63, 3.8) is 0 Å². The van der Waals surface area contributed by atoms with Crippen LogP contribution >= 0.6 is 0 Å². The van der Waals surface area contributed by atoms with Crippen molar-refractivity contribution in [1.82, 2.24) is 40.0 Å². The minimum atomic E-state index is -2.70. The number of hydrogen-bond donors (Lipinski definition) is 4. The molecule has 2 atom stereocenters. The van der Waals surface area contributed by atoms with Crippen LogP contribution in [0.1, 0.15) is 121 Å². The monoisotopic (exact) mass is 792 g/mol. The third-order valence-corrected chi connectivity index (χ3v) is 9.90. The third-order valence-electron chi connectivity index (χ3n) is 9.90. The molecule has 4 N–H and O–H groups in total. The SMILES string of the molecule is CC(C(=O)Nc1cc(C2CC2)[nH]n1)c1cnn(-c2cc(C#N)cc(C(F)F)c2)c1.C[C@H](C(=O)Nc1cc(C2CC2)[nH]n1)c1cnn(-c2cc(C#N)cc(C(F)F)c2)c1. The second-order valence-corrected chi connectivity index (χ2v) is 14.3. The van der Waals surface area contributed by atoms with Gasteiger partial charge in [-0.2, -0.15) is 30.9 Å². The average Bonchev–Trinajstić information content (AvgIpc) is 3.99. The number of hydrogen-bond acceptors (Lipinski definition) is 8. The van der Waals surface area contributed by atoms with Gasteiger partial charge in [0.05, 0.1) is 58.9 Å². The zero-order valence-electron chi connectivity index (χ0n) is 31.1. The highest BCUT2D eigenvalue weighted by molar-refractivity contribution is 5.95. The predicted octanol–water partition coefficient (Wildman–Crippen LogP) is 8.05. The summed E-state index contributed by atoms with van der Waals surface area (Å²) in [5.74, 6) is 0.392. The van der Waals surface area contributed by atoms with Crippen LogP contribution in [0, 0.1) is 22.7 Å². The first-order chi connectivity index (χ1) is 27.9. The van der Waals surface area contributed by atoms with E-state index in [9.17, 15) is 27.2 Å². The van der Waals surface area contributed by atoms with Crippen molar-refractivity contribution < 1.29 is 27.2 Å². The van der Waals surface area contributed by atoms with Gasteiger partial charge in [-0.3, -0.25) is 19.8 Å². The number of anilines is 2. The van der Waals surface area contributed by atoms with Crippen LogP contribution in [-0.2, 0) is 9.59 Å². The maximum absolute atomic E-state index is 13.1. The van der Waals surface area contributed by atoms with Crippen LogP contribution in [0.4, 0.5) is 29.2 Å². The Balaban J connectivity index is 0.000000177. The number of rotatable bonds is 12. The Bertz CT molecular complexity index is 2360. The zero-order valence-corrected chi connectivity index (χ0v) is 31.1. The topological polar surface area (TPSA) is 199 Å². The van der Waals surface area contributed by atoms with E-state index in [0.717, 1.165) is 49.2 Å². The van der Waals surface area contributed by atoms with Crippen LogP contribution in [0.5, 0.6) is 0 Å². The van der Waals surface area contributed by atoms with Crippen molar-refractivity contribution in [2.24, 2.45) is 0 Å². The maximum atomic E-state index is 13.1. The average molecular weight is 793 g/mol. The smallest absolute Gasteiger partial charge is 0.263 e. The third kappa shape index (κ3) is 9.13. The van der Waals surface area contributed by atoms with Gasteiger partial charge < -0.3 is 10.6 Å². The molecule has 6 aromatic rings. The summed E-state index contributed by atoms with van der Waals surface area (Å²) in [6.07, 6.45) is 5.32. The molecular weight excluding hydrogens is 757 g/mol. The van der Waals surface area contributed by atoms with Crippen molar-refractivity contribution in [3.05, 3.63) is 118 Å². The van der Waals surface area contributed by atoms with Gasteiger partial charge in [0.25, 0.3) is 12.9 Å². The van der Waals surface area contributed by atoms with Gasteiger partial charge in [-0.15, -0.1) is 0 Å². The van der Waals surface area contributed by atoms with E-state index in [2.05, 4.69) is 41.2 Å². The molecule has 2 aliphatic rings. The van der Waals surface area contributed by atoms with Gasteiger partial charge in [0, 0.05) is 70.0 Å². The molecule has 2 amide bonds. The molecule has 2 aliphatic carbocycles. The van der Waals surface area contributed by atoms with Crippen molar-refractivity contribution in [3.8, 4) is 23.5 Å². The fraction of sp³-hybridized carbons (Fsp3) is 0.300. The van der Waals surface area contributed by atoms with E-state index in [0.29, 0.717) is 46.0 Å². The lowest BCUT2D eigenvalue weighted by atomic mass is 10.0. The lowest BCUT2D eigenvalue weighted by Gasteiger charge is -2.09. The minimum Gasteiger partial charge on any atom is -0.309 e. The van der Waals surface area contributed by atoms with Crippen LogP contribution in [-0.4, -0.2) is 51.8 Å². The molecule has 296 valence electrons. The van der Waals surface area contributed by atoms with Gasteiger partial charge in [-0.1, -0.05) is 0 Å². The molecule has 8 rings (SSSR count). The van der Waals surface area contributed by atoms with Crippen LogP contribution < -0.4 is 10.6 Å². The molecule has 2 saturated carbocycles. The Hall–Kier alpha value is -7.08. The summed E-state index contributed by atoms with van der Waals surface area (Å²) >= 11 is 0. The van der Waals surface area contributed by atoms with Crippen molar-refractivity contribution >= 4 is 23.5 Å². The molecular formula is C40H36F4N12O2. The summed E-state index contributed by atoms with van der Waals surface area (Å²) in [6, 6.07) is 15.2. The molecule has 4 aromatic heterocycles. The first-order valence-corrected chi connectivity index (χ1v) is 18.4. The van der Waals surface area contributed by atoms with Crippen LogP contribution in [0.3, 0.4) is 0 Å². The summed E-state index contributed by atoms with van der Waals surface area (Å²) < 4.78 is 55.1. The fourth-order valence-corrected chi connectivity index (χ4v) is 6.10. The first kappa shape index (κ1) is 39.2. The molecule has 4 heterocycles. The van der Waals surface area contributed by atoms with Gasteiger partial charge in [0.1, 0.15) is 0 Å². The number of alkyl halides is 4. The summed E-state index contributed by atoms with van der Waals surface area (Å²) in [4.78, 5) is 25.1. The van der Waals surface area contributed by atoms with Crippen LogP contribution in [0.2, 0.25) is 0 Å². The Morgan fingerprint density at radius 2 is 1.05 bits per heavy atom. The molecule has 2 fully saturated rings. The molecule has 0 radical (unpaired) electrons. The number of carbonyl (C=O) groups is 2. The van der Waals surface area contributed by atoms with E-state index < -0.39 is 24.7 Å². The normalized spacial score (nSPS) is 14.6. The lowest BCUT2D eigenvalue weighted by molar-refractivity contribution is -0.118. The Kier molecular flexibility index (Phi) is 11.2. The highest BCUT2D eigenvalue weighted by atomic mass is 19.3. The van der Waals surface area contributed by atoms with Gasteiger partial charge in [0.15, 0.2) is 11.6 Å². The molecule has 58 heavy (non-hydrogen) atoms. The fourth-order valence-electron chi connectivity index (χ4n) is 6.10. The standard InChI is InChI=1S/2C20H18F2N6O/c2*1-11(20(29)25-18-7-17(26-27-18)13-2-3-13)15-9-24-28(10-15)16-5-12(8-23)4-14(6-16)19(21)22/h2*4-7,9-11,13,19H,2-3H2,1H3,(H2,25,26,27,29)/t11-;/m0./s1. The van der Waals surface area contributed by atoms with E-state index in [4.69, 9.17) is 10.5 Å². The lowest BCUT2D eigenvalue weighted by Crippen LogP contribution is -2.18. The molecule has 0 saturated heterocycles. The Labute approximate surface area is 328 Å². The number of halogens is 4. The van der Waals surface area contributed by atoms with Gasteiger partial charge in [-0.05, 0) is 75.9 Å². The number of benzene rings is 2. The van der Waals surface area contributed by atoms with Gasteiger partial charge in [-0.25, -0.2) is 26.9 Å². The molecule has 1 unspecified atom stereocenters. The van der Waals surface area contributed by atoms with Gasteiger partial charge >= 0.3 is 0 Å². The number of amides is 2. The van der Waals surface area contributed by atoms with E-state index in [1.54, 1.807) is 26.2 Å². The van der Waals surface area contributed by atoms with Crippen LogP contribution in [0.25, 0.3) is 11.4 Å². The first-order valence-electron chi connectivity index (χ1n) is 18.4. The van der Waals surface area contributed by atoms with Crippen molar-refractivity contribution in [1.29, 1.82) is 10.5 Å². The summed E-state index contributed by atoms with van der Waals surface area (Å²) in [5.41, 5.74) is 3.65. The summed E-state index contributed by atoms with van der Waals surface area (Å²) in [6.45, 7) is 3.45. The minimum absolute atomic E-state index is 0.116. The largest absolute Gasteiger partial charge is 0.309 e. The van der Waals surface area contributed by atoms with E-state index in [-0.39, 0.29) is 34.1 Å². The van der Waals surface area contributed by atoms with E-state index >= 15 is 0 Å². The van der Waals surface area contributed by atoms with Crippen LogP contribution in [0.15, 0.2) is 73.3 Å². The second-order valence-electron chi connectivity index (χ2n) is 14.3.